The van der Waals surface area contributed by atoms with Gasteiger partial charge in [-0.15, -0.1) is 0 Å². The number of nitrogens with zero attached hydrogens (tertiary/aromatic N) is 3. The predicted octanol–water partition coefficient (Wildman–Crippen LogP) is 1.56. The van der Waals surface area contributed by atoms with Crippen molar-refractivity contribution in [3.8, 4) is 11.5 Å². The first-order valence-electron chi connectivity index (χ1n) is 7.79. The summed E-state index contributed by atoms with van der Waals surface area (Å²) in [6, 6.07) is 6.30. The highest BCUT2D eigenvalue weighted by atomic mass is 16.6. The van der Waals surface area contributed by atoms with Gasteiger partial charge in [0.25, 0.3) is 0 Å². The summed E-state index contributed by atoms with van der Waals surface area (Å²) < 4.78 is 11.7. The smallest absolute Gasteiger partial charge is 0.323 e. The molecule has 0 unspecified atom stereocenters. The Morgan fingerprint density at radius 3 is 2.67 bits per heavy atom. The standard InChI is InChI=1S/C17H18N4O6/c1-11(22)27-14-7-6-12(16(21(24)25)17(14)26-3)10-18-19-15(23)9-13-5-4-8-20(13)2/h4-8,10H,9H2,1-3H3,(H,19,23)/b18-10-. The number of hydrogen-bond donors (Lipinski definition) is 1. The number of methoxy groups -OCH3 is 1. The van der Waals surface area contributed by atoms with E-state index in [1.54, 1.807) is 10.6 Å². The van der Waals surface area contributed by atoms with Crippen molar-refractivity contribution in [1.29, 1.82) is 0 Å². The van der Waals surface area contributed by atoms with Gasteiger partial charge >= 0.3 is 11.7 Å². The van der Waals surface area contributed by atoms with Crippen molar-refractivity contribution >= 4 is 23.8 Å². The second-order valence-electron chi connectivity index (χ2n) is 5.47. The van der Waals surface area contributed by atoms with Gasteiger partial charge in [-0.1, -0.05) is 0 Å². The highest BCUT2D eigenvalue weighted by molar-refractivity contribution is 5.90. The van der Waals surface area contributed by atoms with Crippen molar-refractivity contribution < 1.29 is 24.0 Å². The summed E-state index contributed by atoms with van der Waals surface area (Å²) in [5, 5.41) is 15.2. The molecule has 0 aliphatic rings. The summed E-state index contributed by atoms with van der Waals surface area (Å²) in [5.41, 5.74) is 2.75. The number of aryl methyl sites for hydroxylation is 1. The first-order valence-corrected chi connectivity index (χ1v) is 7.79. The Labute approximate surface area is 154 Å². The van der Waals surface area contributed by atoms with Crippen LogP contribution >= 0.6 is 0 Å². The summed E-state index contributed by atoms with van der Waals surface area (Å²) in [6.45, 7) is 1.17. The minimum Gasteiger partial charge on any atom is -0.488 e. The molecule has 0 radical (unpaired) electrons. The van der Waals surface area contributed by atoms with E-state index in [0.717, 1.165) is 11.9 Å². The number of carbonyl (C=O) groups excluding carboxylic acids is 2. The summed E-state index contributed by atoms with van der Waals surface area (Å²) in [6.07, 6.45) is 3.05. The third kappa shape index (κ3) is 4.91. The molecule has 1 amide bonds. The van der Waals surface area contributed by atoms with Gasteiger partial charge in [0, 0.05) is 25.9 Å². The highest BCUT2D eigenvalue weighted by Gasteiger charge is 2.25. The minimum atomic E-state index is -0.682. The molecule has 2 rings (SSSR count). The molecule has 2 aromatic rings. The van der Waals surface area contributed by atoms with Gasteiger partial charge in [0.15, 0.2) is 5.75 Å². The van der Waals surface area contributed by atoms with Crippen LogP contribution in [-0.2, 0) is 23.1 Å². The summed E-state index contributed by atoms with van der Waals surface area (Å²) in [7, 11) is 3.03. The monoisotopic (exact) mass is 374 g/mol. The molecule has 1 aromatic carbocycles. The van der Waals surface area contributed by atoms with Crippen LogP contribution < -0.4 is 14.9 Å². The maximum Gasteiger partial charge on any atom is 0.323 e. The number of benzene rings is 1. The number of esters is 1. The van der Waals surface area contributed by atoms with Crippen molar-refractivity contribution in [3.63, 3.8) is 0 Å². The Bertz CT molecular complexity index is 903. The largest absolute Gasteiger partial charge is 0.488 e. The zero-order valence-electron chi connectivity index (χ0n) is 15.0. The number of nitro groups is 1. The van der Waals surface area contributed by atoms with Crippen LogP contribution in [0, 0.1) is 10.1 Å². The first kappa shape index (κ1) is 19.6. The fourth-order valence-corrected chi connectivity index (χ4v) is 2.35. The van der Waals surface area contributed by atoms with Crippen LogP contribution in [0.5, 0.6) is 11.5 Å². The lowest BCUT2D eigenvalue weighted by molar-refractivity contribution is -0.385. The lowest BCUT2D eigenvalue weighted by Crippen LogP contribution is -2.21. The van der Waals surface area contributed by atoms with Gasteiger partial charge in [0.05, 0.1) is 30.2 Å². The molecular weight excluding hydrogens is 356 g/mol. The number of nitrogens with one attached hydrogen (secondary N) is 1. The zero-order chi connectivity index (χ0) is 20.0. The van der Waals surface area contributed by atoms with E-state index in [-0.39, 0.29) is 29.4 Å². The molecule has 27 heavy (non-hydrogen) atoms. The average molecular weight is 374 g/mol. The summed E-state index contributed by atoms with van der Waals surface area (Å²) >= 11 is 0. The fraction of sp³-hybridized carbons (Fsp3) is 0.235. The SMILES string of the molecule is COc1c(OC(C)=O)ccc(/C=N\NC(=O)Cc2cccn2C)c1[N+](=O)[O-]. The maximum absolute atomic E-state index is 11.9. The molecule has 142 valence electrons. The molecule has 0 spiro atoms. The van der Waals surface area contributed by atoms with Gasteiger partial charge in [-0.25, -0.2) is 5.43 Å². The Hall–Kier alpha value is -3.69. The van der Waals surface area contributed by atoms with Crippen LogP contribution in [0.25, 0.3) is 0 Å². The maximum atomic E-state index is 11.9. The molecule has 0 saturated heterocycles. The van der Waals surface area contributed by atoms with Crippen molar-refractivity contribution in [1.82, 2.24) is 9.99 Å². The number of hydrazone groups is 1. The number of nitro benzene ring substituents is 1. The van der Waals surface area contributed by atoms with E-state index in [0.29, 0.717) is 0 Å². The van der Waals surface area contributed by atoms with Gasteiger partial charge in [0.1, 0.15) is 0 Å². The van der Waals surface area contributed by atoms with Crippen LogP contribution in [0.4, 0.5) is 5.69 Å². The van der Waals surface area contributed by atoms with E-state index in [1.807, 2.05) is 19.3 Å². The lowest BCUT2D eigenvalue weighted by Gasteiger charge is -2.09. The van der Waals surface area contributed by atoms with Gasteiger partial charge < -0.3 is 14.0 Å². The molecule has 1 heterocycles. The Kier molecular flexibility index (Phi) is 6.26. The predicted molar refractivity (Wildman–Crippen MR) is 95.8 cm³/mol. The number of ether oxygens (including phenoxy) is 2. The molecular formula is C17H18N4O6. The Morgan fingerprint density at radius 2 is 2.11 bits per heavy atom. The molecule has 1 N–H and O–H groups in total. The number of aromatic nitrogens is 1. The number of rotatable bonds is 7. The zero-order valence-corrected chi connectivity index (χ0v) is 15.0. The van der Waals surface area contributed by atoms with Crippen LogP contribution in [0.15, 0.2) is 35.6 Å². The molecule has 10 nitrogen and oxygen atoms in total. The van der Waals surface area contributed by atoms with Gasteiger partial charge in [0.2, 0.25) is 11.7 Å². The second-order valence-corrected chi connectivity index (χ2v) is 5.47. The van der Waals surface area contributed by atoms with Gasteiger partial charge in [-0.05, 0) is 24.3 Å². The fourth-order valence-electron chi connectivity index (χ4n) is 2.35. The number of amides is 1. The van der Waals surface area contributed by atoms with Crippen LogP contribution in [-0.4, -0.2) is 34.7 Å². The highest BCUT2D eigenvalue weighted by Crippen LogP contribution is 2.39. The van der Waals surface area contributed by atoms with E-state index < -0.39 is 16.6 Å². The van der Waals surface area contributed by atoms with Crippen molar-refractivity contribution in [2.24, 2.45) is 12.1 Å². The topological polar surface area (TPSA) is 125 Å². The molecule has 0 aliphatic carbocycles. The summed E-state index contributed by atoms with van der Waals surface area (Å²) in [5.74, 6) is -1.31. The van der Waals surface area contributed by atoms with Crippen LogP contribution in [0.3, 0.4) is 0 Å². The normalized spacial score (nSPS) is 10.6. The van der Waals surface area contributed by atoms with Crippen molar-refractivity contribution in [2.45, 2.75) is 13.3 Å². The lowest BCUT2D eigenvalue weighted by atomic mass is 10.1. The molecule has 0 saturated carbocycles. The van der Waals surface area contributed by atoms with Crippen LogP contribution in [0.2, 0.25) is 0 Å². The Morgan fingerprint density at radius 1 is 1.37 bits per heavy atom. The van der Waals surface area contributed by atoms with Gasteiger partial charge in [-0.3, -0.25) is 19.7 Å². The van der Waals surface area contributed by atoms with E-state index in [2.05, 4.69) is 10.5 Å². The number of hydrogen-bond acceptors (Lipinski definition) is 7. The second kappa shape index (κ2) is 8.61. The third-order valence-corrected chi connectivity index (χ3v) is 3.55. The van der Waals surface area contributed by atoms with E-state index in [4.69, 9.17) is 9.47 Å². The molecule has 10 heteroatoms. The van der Waals surface area contributed by atoms with E-state index in [1.165, 1.54) is 26.2 Å². The Balaban J connectivity index is 2.20. The van der Waals surface area contributed by atoms with Crippen molar-refractivity contribution in [2.75, 3.05) is 7.11 Å². The molecule has 0 atom stereocenters. The van der Waals surface area contributed by atoms with Gasteiger partial charge in [-0.2, -0.15) is 5.10 Å². The summed E-state index contributed by atoms with van der Waals surface area (Å²) in [4.78, 5) is 33.8. The van der Waals surface area contributed by atoms with E-state index in [9.17, 15) is 19.7 Å². The minimum absolute atomic E-state index is 0.0759. The van der Waals surface area contributed by atoms with E-state index >= 15 is 0 Å². The van der Waals surface area contributed by atoms with Crippen LogP contribution in [0.1, 0.15) is 18.2 Å². The molecule has 1 aromatic heterocycles. The third-order valence-electron chi connectivity index (χ3n) is 3.55. The molecule has 0 aliphatic heterocycles. The molecule has 0 bridgehead atoms. The quantitative estimate of drug-likeness (QED) is 0.258. The number of carbonyl (C=O) groups is 2. The molecule has 0 fully saturated rings. The average Bonchev–Trinajstić information content (AvgIpc) is 2.99. The van der Waals surface area contributed by atoms with Crippen molar-refractivity contribution in [3.05, 3.63) is 51.8 Å². The first-order chi connectivity index (χ1) is 12.8.